The second kappa shape index (κ2) is 8.05. The van der Waals surface area contributed by atoms with Crippen molar-refractivity contribution in [3.05, 3.63) is 66.5 Å². The third-order valence-electron chi connectivity index (χ3n) is 5.74. The maximum atomic E-state index is 13.5. The summed E-state index contributed by atoms with van der Waals surface area (Å²) in [6.07, 6.45) is 4.63. The van der Waals surface area contributed by atoms with E-state index in [-0.39, 0.29) is 11.9 Å². The Balaban J connectivity index is 1.45. The fourth-order valence-electron chi connectivity index (χ4n) is 3.98. The second-order valence-electron chi connectivity index (χ2n) is 7.54. The molecular weight excluding hydrogens is 410 g/mol. The second-order valence-corrected chi connectivity index (χ2v) is 8.57. The third-order valence-corrected chi connectivity index (χ3v) is 6.69. The zero-order chi connectivity index (χ0) is 21.3. The summed E-state index contributed by atoms with van der Waals surface area (Å²) < 4.78 is 6.63. The fraction of sp³-hybridized carbons (Fsp3) is 0.217. The first-order valence-electron chi connectivity index (χ1n) is 10.1. The van der Waals surface area contributed by atoms with Crippen LogP contribution in [0.2, 0.25) is 0 Å². The molecule has 156 valence electrons. The molecule has 1 fully saturated rings. The van der Waals surface area contributed by atoms with Crippen LogP contribution in [0.3, 0.4) is 0 Å². The first kappa shape index (κ1) is 19.6. The van der Waals surface area contributed by atoms with Crippen LogP contribution in [-0.2, 0) is 14.9 Å². The third kappa shape index (κ3) is 3.75. The Morgan fingerprint density at radius 3 is 2.42 bits per heavy atom. The number of benzene rings is 2. The molecule has 1 amide bonds. The molecular formula is C23H21N5O2S. The molecule has 3 N–H and O–H groups in total. The monoisotopic (exact) mass is 431 g/mol. The van der Waals surface area contributed by atoms with Gasteiger partial charge in [0.05, 0.1) is 15.6 Å². The number of para-hydroxylation sites is 1. The molecule has 5 rings (SSSR count). The number of hydrogen-bond acceptors (Lipinski definition) is 7. The Morgan fingerprint density at radius 2 is 1.71 bits per heavy atom. The summed E-state index contributed by atoms with van der Waals surface area (Å²) in [5.74, 6) is 0.200. The molecule has 4 aromatic rings. The van der Waals surface area contributed by atoms with Crippen LogP contribution < -0.4 is 11.1 Å². The average molecular weight is 432 g/mol. The summed E-state index contributed by atoms with van der Waals surface area (Å²) in [4.78, 5) is 26.2. The standard InChI is InChI=1S/C23H21N5O2S/c24-21-25-13-16(14-26-21)15-5-7-17(8-6-15)23(9-11-30-12-10-23)20(29)28-22-27-18-3-1-2-4-19(18)31-22/h1-8,13-14H,9-12H2,(H2,24,25,26)(H,27,28,29). The van der Waals surface area contributed by atoms with Gasteiger partial charge >= 0.3 is 0 Å². The number of carbonyl (C=O) groups excluding carboxylic acids is 1. The van der Waals surface area contributed by atoms with Crippen LogP contribution in [0.4, 0.5) is 11.1 Å². The number of rotatable bonds is 4. The lowest BCUT2D eigenvalue weighted by Gasteiger charge is -2.36. The van der Waals surface area contributed by atoms with Crippen LogP contribution in [0.25, 0.3) is 21.3 Å². The Kier molecular flexibility index (Phi) is 5.09. The number of amides is 1. The minimum atomic E-state index is -0.660. The van der Waals surface area contributed by atoms with Gasteiger partial charge in [-0.1, -0.05) is 47.7 Å². The zero-order valence-corrected chi connectivity index (χ0v) is 17.6. The van der Waals surface area contributed by atoms with Gasteiger partial charge in [0.2, 0.25) is 11.9 Å². The molecule has 1 aliphatic rings. The maximum Gasteiger partial charge on any atom is 0.236 e. The van der Waals surface area contributed by atoms with Gasteiger partial charge in [0.15, 0.2) is 5.13 Å². The molecule has 3 heterocycles. The van der Waals surface area contributed by atoms with Gasteiger partial charge in [0, 0.05) is 31.2 Å². The lowest BCUT2D eigenvalue weighted by molar-refractivity contribution is -0.125. The molecule has 0 radical (unpaired) electrons. The van der Waals surface area contributed by atoms with Gasteiger partial charge in [-0.2, -0.15) is 0 Å². The van der Waals surface area contributed by atoms with Crippen LogP contribution in [0.1, 0.15) is 18.4 Å². The Morgan fingerprint density at radius 1 is 1.00 bits per heavy atom. The predicted octanol–water partition coefficient (Wildman–Crippen LogP) is 4.02. The minimum absolute atomic E-state index is 0.0431. The van der Waals surface area contributed by atoms with Crippen molar-refractivity contribution in [2.75, 3.05) is 24.3 Å². The normalized spacial score (nSPS) is 15.6. The van der Waals surface area contributed by atoms with Crippen LogP contribution in [0.5, 0.6) is 0 Å². The largest absolute Gasteiger partial charge is 0.381 e. The molecule has 0 aliphatic carbocycles. The molecule has 2 aromatic carbocycles. The van der Waals surface area contributed by atoms with Crippen molar-refractivity contribution in [3.63, 3.8) is 0 Å². The highest BCUT2D eigenvalue weighted by molar-refractivity contribution is 7.22. The van der Waals surface area contributed by atoms with Crippen molar-refractivity contribution in [1.82, 2.24) is 15.0 Å². The van der Waals surface area contributed by atoms with E-state index in [1.165, 1.54) is 11.3 Å². The molecule has 0 saturated carbocycles. The number of fused-ring (bicyclic) bond motifs is 1. The van der Waals surface area contributed by atoms with Crippen molar-refractivity contribution < 1.29 is 9.53 Å². The molecule has 2 aromatic heterocycles. The lowest BCUT2D eigenvalue weighted by atomic mass is 9.73. The van der Waals surface area contributed by atoms with Gasteiger partial charge in [-0.3, -0.25) is 4.79 Å². The van der Waals surface area contributed by atoms with Crippen LogP contribution in [0, 0.1) is 0 Å². The van der Waals surface area contributed by atoms with Crippen molar-refractivity contribution >= 4 is 38.5 Å². The average Bonchev–Trinajstić information content (AvgIpc) is 3.22. The van der Waals surface area contributed by atoms with E-state index in [9.17, 15) is 4.79 Å². The van der Waals surface area contributed by atoms with Crippen molar-refractivity contribution in [2.24, 2.45) is 0 Å². The Bertz CT molecular complexity index is 1180. The molecule has 0 unspecified atom stereocenters. The van der Waals surface area contributed by atoms with E-state index in [0.717, 1.165) is 26.9 Å². The quantitative estimate of drug-likeness (QED) is 0.506. The highest BCUT2D eigenvalue weighted by atomic mass is 32.1. The zero-order valence-electron chi connectivity index (χ0n) is 16.7. The van der Waals surface area contributed by atoms with Crippen LogP contribution in [-0.4, -0.2) is 34.1 Å². The molecule has 31 heavy (non-hydrogen) atoms. The number of carbonyl (C=O) groups is 1. The van der Waals surface area contributed by atoms with Gasteiger partial charge in [-0.05, 0) is 36.1 Å². The molecule has 1 aliphatic heterocycles. The van der Waals surface area contributed by atoms with Crippen LogP contribution in [0.15, 0.2) is 60.9 Å². The Hall–Kier alpha value is -3.36. The van der Waals surface area contributed by atoms with E-state index in [1.54, 1.807) is 12.4 Å². The van der Waals surface area contributed by atoms with Crippen molar-refractivity contribution in [3.8, 4) is 11.1 Å². The highest BCUT2D eigenvalue weighted by Gasteiger charge is 2.42. The fourth-order valence-corrected chi connectivity index (χ4v) is 4.84. The smallest absolute Gasteiger partial charge is 0.236 e. The van der Waals surface area contributed by atoms with E-state index in [0.29, 0.717) is 31.2 Å². The summed E-state index contributed by atoms with van der Waals surface area (Å²) in [5, 5.41) is 3.69. The predicted molar refractivity (Wildman–Crippen MR) is 122 cm³/mol. The first-order valence-corrected chi connectivity index (χ1v) is 10.9. The van der Waals surface area contributed by atoms with Crippen molar-refractivity contribution in [2.45, 2.75) is 18.3 Å². The van der Waals surface area contributed by atoms with Gasteiger partial charge in [-0.15, -0.1) is 0 Å². The number of nitrogens with two attached hydrogens (primary N) is 1. The number of hydrogen-bond donors (Lipinski definition) is 2. The Labute approximate surface area is 183 Å². The summed E-state index contributed by atoms with van der Waals surface area (Å²) in [6.45, 7) is 1.08. The first-order chi connectivity index (χ1) is 15.1. The molecule has 8 heteroatoms. The number of thiazole rings is 1. The van der Waals surface area contributed by atoms with E-state index >= 15 is 0 Å². The van der Waals surface area contributed by atoms with E-state index in [4.69, 9.17) is 10.5 Å². The molecule has 0 spiro atoms. The van der Waals surface area contributed by atoms with Crippen molar-refractivity contribution in [1.29, 1.82) is 0 Å². The van der Waals surface area contributed by atoms with Crippen LogP contribution >= 0.6 is 11.3 Å². The topological polar surface area (TPSA) is 103 Å². The van der Waals surface area contributed by atoms with Gasteiger partial charge < -0.3 is 15.8 Å². The number of nitrogens with one attached hydrogen (secondary N) is 1. The molecule has 1 saturated heterocycles. The number of nitrogens with zero attached hydrogens (tertiary/aromatic N) is 3. The maximum absolute atomic E-state index is 13.5. The van der Waals surface area contributed by atoms with Gasteiger partial charge in [-0.25, -0.2) is 15.0 Å². The molecule has 7 nitrogen and oxygen atoms in total. The molecule has 0 atom stereocenters. The molecule has 0 bridgehead atoms. The van der Waals surface area contributed by atoms with Gasteiger partial charge in [0.25, 0.3) is 0 Å². The summed E-state index contributed by atoms with van der Waals surface area (Å²) >= 11 is 1.49. The summed E-state index contributed by atoms with van der Waals surface area (Å²) in [7, 11) is 0. The summed E-state index contributed by atoms with van der Waals surface area (Å²) in [6, 6.07) is 15.9. The van der Waals surface area contributed by atoms with E-state index < -0.39 is 5.41 Å². The SMILES string of the molecule is Nc1ncc(-c2ccc(C3(C(=O)Nc4nc5ccccc5s4)CCOCC3)cc2)cn1. The summed E-state index contributed by atoms with van der Waals surface area (Å²) in [5.41, 5.74) is 8.62. The number of nitrogen functional groups attached to an aromatic ring is 1. The van der Waals surface area contributed by atoms with E-state index in [1.807, 2.05) is 48.5 Å². The lowest BCUT2D eigenvalue weighted by Crippen LogP contribution is -2.44. The number of ether oxygens (including phenoxy) is 1. The minimum Gasteiger partial charge on any atom is -0.381 e. The van der Waals surface area contributed by atoms with Gasteiger partial charge in [0.1, 0.15) is 0 Å². The number of anilines is 2. The van der Waals surface area contributed by atoms with E-state index in [2.05, 4.69) is 20.3 Å². The number of aromatic nitrogens is 3. The highest BCUT2D eigenvalue weighted by Crippen LogP contribution is 2.38.